The first-order chi connectivity index (χ1) is 6.02. The van der Waals surface area contributed by atoms with Gasteiger partial charge in [-0.25, -0.2) is 0 Å². The lowest BCUT2D eigenvalue weighted by atomic mass is 10.1. The van der Waals surface area contributed by atoms with Gasteiger partial charge in [-0.05, 0) is 6.92 Å². The Morgan fingerprint density at radius 2 is 1.85 bits per heavy atom. The molecule has 0 aliphatic rings. The van der Waals surface area contributed by atoms with E-state index < -0.39 is 5.91 Å². The van der Waals surface area contributed by atoms with Gasteiger partial charge in [-0.15, -0.1) is 0 Å². The second kappa shape index (κ2) is 5.72. The molecule has 13 heavy (non-hydrogen) atoms. The summed E-state index contributed by atoms with van der Waals surface area (Å²) in [6, 6.07) is 0. The molecule has 4 heteroatoms. The standard InChI is InChI=1S/C9H17NO3/c1-6(8(10)11)5-7(2)9(12-3)13-4/h5,7,9H,1-4H3,(H2,10,11)/b6-5+. The average Bonchev–Trinajstić information content (AvgIpc) is 2.06. The molecular formula is C9H17NO3. The lowest BCUT2D eigenvalue weighted by Crippen LogP contribution is -2.22. The second-order valence-electron chi connectivity index (χ2n) is 2.91. The van der Waals surface area contributed by atoms with Gasteiger partial charge in [-0.2, -0.15) is 0 Å². The van der Waals surface area contributed by atoms with Crippen molar-refractivity contribution in [3.05, 3.63) is 11.6 Å². The Kier molecular flexibility index (Phi) is 5.34. The van der Waals surface area contributed by atoms with Crippen LogP contribution in [0.5, 0.6) is 0 Å². The maximum Gasteiger partial charge on any atom is 0.244 e. The van der Waals surface area contributed by atoms with Gasteiger partial charge in [-0.3, -0.25) is 4.79 Å². The number of methoxy groups -OCH3 is 2. The molecule has 0 bridgehead atoms. The largest absolute Gasteiger partial charge is 0.366 e. The number of ether oxygens (including phenoxy) is 2. The van der Waals surface area contributed by atoms with Gasteiger partial charge < -0.3 is 15.2 Å². The molecule has 0 aromatic rings. The van der Waals surface area contributed by atoms with Crippen LogP contribution in [-0.4, -0.2) is 26.4 Å². The summed E-state index contributed by atoms with van der Waals surface area (Å²) < 4.78 is 10.0. The van der Waals surface area contributed by atoms with Crippen LogP contribution in [0.2, 0.25) is 0 Å². The molecule has 1 atom stereocenters. The highest BCUT2D eigenvalue weighted by molar-refractivity contribution is 5.91. The number of nitrogens with two attached hydrogens (primary N) is 1. The fourth-order valence-corrected chi connectivity index (χ4v) is 1.08. The lowest BCUT2D eigenvalue weighted by molar-refractivity contribution is -0.123. The molecule has 0 spiro atoms. The lowest BCUT2D eigenvalue weighted by Gasteiger charge is -2.18. The van der Waals surface area contributed by atoms with E-state index in [1.165, 1.54) is 0 Å². The summed E-state index contributed by atoms with van der Waals surface area (Å²) in [6.07, 6.45) is 1.40. The highest BCUT2D eigenvalue weighted by atomic mass is 16.7. The van der Waals surface area contributed by atoms with Gasteiger partial charge in [-0.1, -0.05) is 13.0 Å². The Bertz CT molecular complexity index is 197. The predicted molar refractivity (Wildman–Crippen MR) is 49.9 cm³/mol. The van der Waals surface area contributed by atoms with Crippen molar-refractivity contribution >= 4 is 5.91 Å². The van der Waals surface area contributed by atoms with Gasteiger partial charge in [0.25, 0.3) is 0 Å². The molecular weight excluding hydrogens is 170 g/mol. The number of rotatable bonds is 5. The first kappa shape index (κ1) is 12.1. The van der Waals surface area contributed by atoms with Crippen LogP contribution in [0.4, 0.5) is 0 Å². The van der Waals surface area contributed by atoms with Crippen molar-refractivity contribution in [2.45, 2.75) is 20.1 Å². The third kappa shape index (κ3) is 4.05. The molecule has 0 radical (unpaired) electrons. The fourth-order valence-electron chi connectivity index (χ4n) is 1.08. The van der Waals surface area contributed by atoms with Crippen molar-refractivity contribution < 1.29 is 14.3 Å². The van der Waals surface area contributed by atoms with Gasteiger partial charge in [0.15, 0.2) is 6.29 Å². The third-order valence-electron chi connectivity index (χ3n) is 1.80. The van der Waals surface area contributed by atoms with E-state index in [2.05, 4.69) is 0 Å². The van der Waals surface area contributed by atoms with E-state index in [1.54, 1.807) is 27.2 Å². The SMILES string of the molecule is COC(OC)C(C)/C=C(\C)C(N)=O. The van der Waals surface area contributed by atoms with Crippen LogP contribution in [0.3, 0.4) is 0 Å². The highest BCUT2D eigenvalue weighted by Crippen LogP contribution is 2.11. The number of carbonyl (C=O) groups excluding carboxylic acids is 1. The molecule has 1 amide bonds. The Balaban J connectivity index is 4.33. The summed E-state index contributed by atoms with van der Waals surface area (Å²) in [5.74, 6) is -0.416. The van der Waals surface area contributed by atoms with E-state index in [9.17, 15) is 4.79 Å². The summed E-state index contributed by atoms with van der Waals surface area (Å²) in [4.78, 5) is 10.7. The van der Waals surface area contributed by atoms with Crippen LogP contribution in [0.1, 0.15) is 13.8 Å². The van der Waals surface area contributed by atoms with E-state index >= 15 is 0 Å². The molecule has 0 aromatic carbocycles. The summed E-state index contributed by atoms with van der Waals surface area (Å²) in [5, 5.41) is 0. The maximum atomic E-state index is 10.7. The molecule has 4 nitrogen and oxygen atoms in total. The topological polar surface area (TPSA) is 61.6 Å². The van der Waals surface area contributed by atoms with Crippen LogP contribution in [0.25, 0.3) is 0 Å². The molecule has 2 N–H and O–H groups in total. The number of hydrogen-bond acceptors (Lipinski definition) is 3. The minimum absolute atomic E-state index is 0.00231. The molecule has 0 aliphatic heterocycles. The fraction of sp³-hybridized carbons (Fsp3) is 0.667. The highest BCUT2D eigenvalue weighted by Gasteiger charge is 2.14. The third-order valence-corrected chi connectivity index (χ3v) is 1.80. The van der Waals surface area contributed by atoms with E-state index in [4.69, 9.17) is 15.2 Å². The molecule has 0 rings (SSSR count). The molecule has 0 heterocycles. The Morgan fingerprint density at radius 1 is 1.38 bits per heavy atom. The average molecular weight is 187 g/mol. The number of primary amides is 1. The normalized spacial score (nSPS) is 14.7. The summed E-state index contributed by atoms with van der Waals surface area (Å²) in [5.41, 5.74) is 5.60. The van der Waals surface area contributed by atoms with Crippen LogP contribution in [0.15, 0.2) is 11.6 Å². The van der Waals surface area contributed by atoms with Crippen molar-refractivity contribution in [2.24, 2.45) is 11.7 Å². The first-order valence-electron chi connectivity index (χ1n) is 4.06. The van der Waals surface area contributed by atoms with E-state index in [0.717, 1.165) is 0 Å². The van der Waals surface area contributed by atoms with Crippen molar-refractivity contribution in [1.29, 1.82) is 0 Å². The number of hydrogen-bond donors (Lipinski definition) is 1. The van der Waals surface area contributed by atoms with Crippen LogP contribution in [0, 0.1) is 5.92 Å². The Labute approximate surface area is 78.7 Å². The maximum absolute atomic E-state index is 10.7. The van der Waals surface area contributed by atoms with E-state index in [0.29, 0.717) is 5.57 Å². The first-order valence-corrected chi connectivity index (χ1v) is 4.06. The summed E-state index contributed by atoms with van der Waals surface area (Å²) >= 11 is 0. The van der Waals surface area contributed by atoms with Crippen molar-refractivity contribution in [2.75, 3.05) is 14.2 Å². The van der Waals surface area contributed by atoms with Crippen molar-refractivity contribution in [1.82, 2.24) is 0 Å². The zero-order valence-electron chi connectivity index (χ0n) is 8.53. The smallest absolute Gasteiger partial charge is 0.244 e. The van der Waals surface area contributed by atoms with Crippen molar-refractivity contribution in [3.8, 4) is 0 Å². The number of carbonyl (C=O) groups is 1. The van der Waals surface area contributed by atoms with Crippen molar-refractivity contribution in [3.63, 3.8) is 0 Å². The van der Waals surface area contributed by atoms with Crippen LogP contribution >= 0.6 is 0 Å². The minimum atomic E-state index is -0.419. The Morgan fingerprint density at radius 3 is 2.15 bits per heavy atom. The molecule has 0 aromatic heterocycles. The second-order valence-corrected chi connectivity index (χ2v) is 2.91. The summed E-state index contributed by atoms with van der Waals surface area (Å²) in [6.45, 7) is 3.56. The Hall–Kier alpha value is -0.870. The van der Waals surface area contributed by atoms with Gasteiger partial charge in [0.1, 0.15) is 0 Å². The van der Waals surface area contributed by atoms with Crippen LogP contribution < -0.4 is 5.73 Å². The number of amides is 1. The van der Waals surface area contributed by atoms with Gasteiger partial charge >= 0.3 is 0 Å². The van der Waals surface area contributed by atoms with Gasteiger partial charge in [0.05, 0.1) is 0 Å². The molecule has 76 valence electrons. The zero-order valence-corrected chi connectivity index (χ0v) is 8.53. The molecule has 0 saturated carbocycles. The summed E-state index contributed by atoms with van der Waals surface area (Å²) in [7, 11) is 3.11. The molecule has 0 saturated heterocycles. The zero-order chi connectivity index (χ0) is 10.4. The predicted octanol–water partition coefficient (Wildman–Crippen LogP) is 0.673. The van der Waals surface area contributed by atoms with E-state index in [-0.39, 0.29) is 12.2 Å². The minimum Gasteiger partial charge on any atom is -0.366 e. The van der Waals surface area contributed by atoms with Crippen LogP contribution in [-0.2, 0) is 14.3 Å². The molecule has 0 aliphatic carbocycles. The molecule has 1 unspecified atom stereocenters. The van der Waals surface area contributed by atoms with E-state index in [1.807, 2.05) is 6.92 Å². The van der Waals surface area contributed by atoms with Gasteiger partial charge in [0, 0.05) is 25.7 Å². The quantitative estimate of drug-likeness (QED) is 0.508. The molecule has 0 fully saturated rings. The monoisotopic (exact) mass is 187 g/mol. The van der Waals surface area contributed by atoms with Gasteiger partial charge in [0.2, 0.25) is 5.91 Å².